The molecule has 0 fully saturated rings. The molecule has 0 heterocycles. The van der Waals surface area contributed by atoms with Crippen molar-refractivity contribution in [2.75, 3.05) is 0 Å². The van der Waals surface area contributed by atoms with Gasteiger partial charge >= 0.3 is 0 Å². The van der Waals surface area contributed by atoms with Gasteiger partial charge in [0, 0.05) is 17.2 Å². The van der Waals surface area contributed by atoms with E-state index in [0.717, 1.165) is 12.1 Å². The molecule has 2 rings (SSSR count). The molecule has 0 amide bonds. The highest BCUT2D eigenvalue weighted by atomic mass is 127. The molecule has 0 atom stereocenters. The Hall–Kier alpha value is 0.320. The Morgan fingerprint density at radius 2 is 1.50 bits per heavy atom. The molecule has 0 spiro atoms. The number of hydrogen-bond acceptors (Lipinski definition) is 2. The van der Waals surface area contributed by atoms with Crippen molar-refractivity contribution in [3.8, 4) is 22.6 Å². The molecule has 2 nitrogen and oxygen atoms in total. The zero-order valence-corrected chi connectivity index (χ0v) is 16.8. The highest BCUT2D eigenvalue weighted by Crippen LogP contribution is 2.49. The summed E-state index contributed by atoms with van der Waals surface area (Å²) < 4.78 is 29.5. The smallest absolute Gasteiger partial charge is 0.170 e. The van der Waals surface area contributed by atoms with Gasteiger partial charge in [-0.25, -0.2) is 8.78 Å². The van der Waals surface area contributed by atoms with Gasteiger partial charge in [0.1, 0.15) is 11.5 Å². The highest BCUT2D eigenvalue weighted by Gasteiger charge is 2.25. The Kier molecular flexibility index (Phi) is 5.18. The summed E-state index contributed by atoms with van der Waals surface area (Å²) in [5, 5.41) is 20.0. The van der Waals surface area contributed by atoms with Crippen LogP contribution in [0.4, 0.5) is 8.78 Å². The molecule has 106 valence electrons. The van der Waals surface area contributed by atoms with Gasteiger partial charge in [-0.2, -0.15) is 0 Å². The second-order valence-electron chi connectivity index (χ2n) is 3.74. The van der Waals surface area contributed by atoms with Gasteiger partial charge < -0.3 is 10.2 Å². The van der Waals surface area contributed by atoms with Crippen LogP contribution in [-0.4, -0.2) is 10.2 Å². The molecule has 0 aliphatic rings. The fourth-order valence-electron chi connectivity index (χ4n) is 1.63. The zero-order chi connectivity index (χ0) is 15.2. The summed E-state index contributed by atoms with van der Waals surface area (Å²) in [5.41, 5.74) is -0.322. The van der Waals surface area contributed by atoms with Crippen LogP contribution in [0.3, 0.4) is 0 Å². The fourth-order valence-corrected chi connectivity index (χ4v) is 4.48. The van der Waals surface area contributed by atoms with Crippen molar-refractivity contribution in [3.05, 3.63) is 39.9 Å². The minimum Gasteiger partial charge on any atom is -0.507 e. The molecule has 0 aliphatic heterocycles. The van der Waals surface area contributed by atoms with E-state index in [0.29, 0.717) is 16.1 Å². The molecule has 2 aromatic carbocycles. The van der Waals surface area contributed by atoms with Crippen LogP contribution < -0.4 is 0 Å². The molecule has 0 saturated heterocycles. The standard InChI is InChI=1S/C12H4Br2F2I2O2/c13-7-8(14)12(20)6(10(17)11(7)18)5-4(19)2-1-3(15)9(5)16/h1-2,19-20H. The van der Waals surface area contributed by atoms with E-state index in [1.165, 1.54) is 0 Å². The van der Waals surface area contributed by atoms with E-state index in [-0.39, 0.29) is 16.9 Å². The van der Waals surface area contributed by atoms with Crippen molar-refractivity contribution in [1.29, 1.82) is 0 Å². The van der Waals surface area contributed by atoms with E-state index >= 15 is 0 Å². The van der Waals surface area contributed by atoms with E-state index in [9.17, 15) is 19.0 Å². The summed E-state index contributed by atoms with van der Waals surface area (Å²) in [6, 6.07) is 1.88. The van der Waals surface area contributed by atoms with Crippen molar-refractivity contribution in [2.45, 2.75) is 0 Å². The number of hydrogen-bond donors (Lipinski definition) is 2. The minimum atomic E-state index is -1.21. The Morgan fingerprint density at radius 3 is 2.10 bits per heavy atom. The topological polar surface area (TPSA) is 40.5 Å². The molecule has 8 heteroatoms. The lowest BCUT2D eigenvalue weighted by Crippen LogP contribution is -1.97. The Labute approximate surface area is 157 Å². The third-order valence-corrected chi connectivity index (χ3v) is 8.59. The van der Waals surface area contributed by atoms with Crippen LogP contribution in [-0.2, 0) is 0 Å². The maximum Gasteiger partial charge on any atom is 0.170 e. The Bertz CT molecular complexity index is 694. The van der Waals surface area contributed by atoms with Crippen molar-refractivity contribution in [3.63, 3.8) is 0 Å². The highest BCUT2D eigenvalue weighted by molar-refractivity contribution is 14.1. The van der Waals surface area contributed by atoms with Crippen molar-refractivity contribution < 1.29 is 19.0 Å². The molecule has 0 unspecified atom stereocenters. The Morgan fingerprint density at radius 1 is 0.900 bits per heavy atom. The maximum absolute atomic E-state index is 14.0. The van der Waals surface area contributed by atoms with Crippen molar-refractivity contribution in [1.82, 2.24) is 0 Å². The van der Waals surface area contributed by atoms with Crippen LogP contribution in [0, 0.1) is 18.8 Å². The van der Waals surface area contributed by atoms with Crippen molar-refractivity contribution >= 4 is 77.0 Å². The number of rotatable bonds is 1. The first-order valence-corrected chi connectivity index (χ1v) is 8.74. The first kappa shape index (κ1) is 16.7. The predicted molar refractivity (Wildman–Crippen MR) is 96.0 cm³/mol. The number of aromatic hydroxyl groups is 2. The Balaban J connectivity index is 2.95. The van der Waals surface area contributed by atoms with Crippen LogP contribution in [0.15, 0.2) is 21.1 Å². The van der Waals surface area contributed by atoms with E-state index in [4.69, 9.17) is 0 Å². The van der Waals surface area contributed by atoms with Gasteiger partial charge in [0.15, 0.2) is 11.6 Å². The monoisotopic (exact) mass is 630 g/mol. The van der Waals surface area contributed by atoms with Crippen LogP contribution in [0.25, 0.3) is 11.1 Å². The molecule has 0 bridgehead atoms. The predicted octanol–water partition coefficient (Wildman–Crippen LogP) is 5.78. The van der Waals surface area contributed by atoms with Gasteiger partial charge in [-0.15, -0.1) is 0 Å². The molecule has 0 aliphatic carbocycles. The summed E-state index contributed by atoms with van der Waals surface area (Å²) in [7, 11) is 0. The lowest BCUT2D eigenvalue weighted by molar-refractivity contribution is 0.452. The molecule has 0 aromatic heterocycles. The molecule has 20 heavy (non-hydrogen) atoms. The van der Waals surface area contributed by atoms with Gasteiger partial charge in [-0.05, 0) is 89.2 Å². The van der Waals surface area contributed by atoms with Crippen LogP contribution >= 0.6 is 77.0 Å². The molecular weight excluding hydrogens is 628 g/mol. The largest absolute Gasteiger partial charge is 0.507 e. The van der Waals surface area contributed by atoms with Crippen LogP contribution in [0.2, 0.25) is 0 Å². The number of phenols is 2. The first-order chi connectivity index (χ1) is 9.27. The second-order valence-corrected chi connectivity index (χ2v) is 7.48. The van der Waals surface area contributed by atoms with Crippen molar-refractivity contribution in [2.24, 2.45) is 0 Å². The summed E-state index contributed by atoms with van der Waals surface area (Å²) in [4.78, 5) is 0. The second kappa shape index (κ2) is 6.21. The average Bonchev–Trinajstić information content (AvgIpc) is 2.42. The summed E-state index contributed by atoms with van der Waals surface area (Å²) in [6.07, 6.45) is 0. The SMILES string of the molecule is Oc1ccc(F)c(F)c1-c1c(O)c(Br)c(Br)c(I)c1I. The van der Waals surface area contributed by atoms with Gasteiger partial charge in [-0.1, -0.05) is 0 Å². The third kappa shape index (κ3) is 2.68. The van der Waals surface area contributed by atoms with Gasteiger partial charge in [0.05, 0.1) is 10.0 Å². The lowest BCUT2D eigenvalue weighted by atomic mass is 10.0. The number of benzene rings is 2. The quantitative estimate of drug-likeness (QED) is 0.238. The van der Waals surface area contributed by atoms with Gasteiger partial charge in [0.25, 0.3) is 0 Å². The molecule has 0 saturated carbocycles. The summed E-state index contributed by atoms with van der Waals surface area (Å²) in [5.74, 6) is -3.02. The van der Waals surface area contributed by atoms with E-state index in [1.807, 2.05) is 45.2 Å². The summed E-state index contributed by atoms with van der Waals surface area (Å²) in [6.45, 7) is 0. The number of halogens is 6. The van der Waals surface area contributed by atoms with Crippen LogP contribution in [0.1, 0.15) is 0 Å². The fraction of sp³-hybridized carbons (Fsp3) is 0. The van der Waals surface area contributed by atoms with E-state index in [2.05, 4.69) is 31.9 Å². The minimum absolute atomic E-state index is 0.0413. The first-order valence-electron chi connectivity index (χ1n) is 4.99. The molecule has 0 radical (unpaired) electrons. The molecular formula is C12H4Br2F2I2O2. The summed E-state index contributed by atoms with van der Waals surface area (Å²) >= 11 is 10.4. The van der Waals surface area contributed by atoms with E-state index in [1.54, 1.807) is 0 Å². The van der Waals surface area contributed by atoms with E-state index < -0.39 is 17.4 Å². The number of phenolic OH excluding ortho intramolecular Hbond substituents is 2. The van der Waals surface area contributed by atoms with Gasteiger partial charge in [-0.3, -0.25) is 0 Å². The molecule has 2 aromatic rings. The van der Waals surface area contributed by atoms with Crippen LogP contribution in [0.5, 0.6) is 11.5 Å². The molecule has 2 N–H and O–H groups in total. The zero-order valence-electron chi connectivity index (χ0n) is 9.32. The maximum atomic E-state index is 14.0. The average molecular weight is 632 g/mol. The lowest BCUT2D eigenvalue weighted by Gasteiger charge is -2.15. The third-order valence-electron chi connectivity index (χ3n) is 2.57. The van der Waals surface area contributed by atoms with Gasteiger partial charge in [0.2, 0.25) is 0 Å². The normalized spacial score (nSPS) is 10.9.